The zero-order valence-electron chi connectivity index (χ0n) is 15.2. The van der Waals surface area contributed by atoms with Crippen LogP contribution in [0.3, 0.4) is 0 Å². The van der Waals surface area contributed by atoms with Crippen LogP contribution in [-0.4, -0.2) is 46.1 Å². The van der Waals surface area contributed by atoms with Crippen LogP contribution in [0.5, 0.6) is 0 Å². The van der Waals surface area contributed by atoms with Crippen LogP contribution in [0.4, 0.5) is 4.79 Å². The van der Waals surface area contributed by atoms with Crippen LogP contribution >= 0.6 is 11.6 Å². The Labute approximate surface area is 161 Å². The molecule has 2 rings (SSSR count). The summed E-state index contributed by atoms with van der Waals surface area (Å²) < 4.78 is 4.90. The van der Waals surface area contributed by atoms with E-state index in [9.17, 15) is 14.4 Å². The lowest BCUT2D eigenvalue weighted by atomic mass is 10.2. The number of imide groups is 1. The molecule has 0 saturated carbocycles. The van der Waals surface area contributed by atoms with Crippen molar-refractivity contribution in [2.24, 2.45) is 5.92 Å². The van der Waals surface area contributed by atoms with Crippen LogP contribution in [0.2, 0.25) is 5.02 Å². The molecule has 0 aliphatic carbocycles. The molecule has 9 nitrogen and oxygen atoms in total. The summed E-state index contributed by atoms with van der Waals surface area (Å²) in [5.41, 5.74) is 0.867. The molecule has 2 aromatic rings. The van der Waals surface area contributed by atoms with Gasteiger partial charge in [-0.15, -0.1) is 5.10 Å². The number of carbonyl (C=O) groups is 3. The SMILES string of the molecule is Cc1nn(-c2cccc(Cl)c2)nc1C(=O)OCC(=O)NC(=O)NCC(C)C. The van der Waals surface area contributed by atoms with Crippen LogP contribution in [-0.2, 0) is 9.53 Å². The number of amides is 3. The summed E-state index contributed by atoms with van der Waals surface area (Å²) >= 11 is 5.93. The van der Waals surface area contributed by atoms with Gasteiger partial charge in [0.15, 0.2) is 12.3 Å². The lowest BCUT2D eigenvalue weighted by Gasteiger charge is -2.08. The van der Waals surface area contributed by atoms with Gasteiger partial charge in [-0.2, -0.15) is 9.90 Å². The van der Waals surface area contributed by atoms with Crippen molar-refractivity contribution in [1.82, 2.24) is 25.6 Å². The van der Waals surface area contributed by atoms with Gasteiger partial charge in [-0.3, -0.25) is 10.1 Å². The summed E-state index contributed by atoms with van der Waals surface area (Å²) in [5, 5.41) is 13.3. The Bertz CT molecular complexity index is 850. The van der Waals surface area contributed by atoms with Gasteiger partial charge < -0.3 is 10.1 Å². The molecule has 0 aliphatic rings. The van der Waals surface area contributed by atoms with E-state index in [1.807, 2.05) is 13.8 Å². The number of ether oxygens (including phenoxy) is 1. The molecule has 1 aromatic heterocycles. The number of urea groups is 1. The summed E-state index contributed by atoms with van der Waals surface area (Å²) in [6.45, 7) is 5.23. The molecule has 0 unspecified atom stereocenters. The largest absolute Gasteiger partial charge is 0.451 e. The molecule has 1 heterocycles. The molecule has 2 N–H and O–H groups in total. The fraction of sp³-hybridized carbons (Fsp3) is 0.353. The van der Waals surface area contributed by atoms with Gasteiger partial charge in [0, 0.05) is 11.6 Å². The highest BCUT2D eigenvalue weighted by Gasteiger charge is 2.19. The van der Waals surface area contributed by atoms with E-state index in [4.69, 9.17) is 16.3 Å². The van der Waals surface area contributed by atoms with Crippen molar-refractivity contribution in [1.29, 1.82) is 0 Å². The van der Waals surface area contributed by atoms with Gasteiger partial charge in [-0.25, -0.2) is 9.59 Å². The number of halogens is 1. The second-order valence-corrected chi connectivity index (χ2v) is 6.57. The minimum atomic E-state index is -0.821. The third-order valence-corrected chi connectivity index (χ3v) is 3.51. The van der Waals surface area contributed by atoms with Crippen molar-refractivity contribution >= 4 is 29.5 Å². The minimum absolute atomic E-state index is 0.0352. The summed E-state index contributed by atoms with van der Waals surface area (Å²) in [6.07, 6.45) is 0. The Kier molecular flexibility index (Phi) is 6.89. The van der Waals surface area contributed by atoms with E-state index < -0.39 is 24.5 Å². The molecule has 3 amide bonds. The van der Waals surface area contributed by atoms with E-state index in [1.165, 1.54) is 4.80 Å². The van der Waals surface area contributed by atoms with E-state index >= 15 is 0 Å². The molecule has 0 aliphatic heterocycles. The van der Waals surface area contributed by atoms with E-state index in [-0.39, 0.29) is 11.6 Å². The third-order valence-electron chi connectivity index (χ3n) is 3.27. The second-order valence-electron chi connectivity index (χ2n) is 6.13. The first-order valence-electron chi connectivity index (χ1n) is 8.21. The molecular formula is C17H20ClN5O4. The standard InChI is InChI=1S/C17H20ClN5O4/c1-10(2)8-19-17(26)20-14(24)9-27-16(25)15-11(3)21-23(22-15)13-6-4-5-12(18)7-13/h4-7,10H,8-9H2,1-3H3,(H2,19,20,24,26). The minimum Gasteiger partial charge on any atom is -0.451 e. The molecule has 0 radical (unpaired) electrons. The molecule has 1 aromatic carbocycles. The molecule has 0 saturated heterocycles. The smallest absolute Gasteiger partial charge is 0.361 e. The van der Waals surface area contributed by atoms with Crippen LogP contribution < -0.4 is 10.6 Å². The second kappa shape index (κ2) is 9.13. The first-order valence-corrected chi connectivity index (χ1v) is 8.58. The Balaban J connectivity index is 1.93. The summed E-state index contributed by atoms with van der Waals surface area (Å²) in [4.78, 5) is 36.6. The Morgan fingerprint density at radius 2 is 2.00 bits per heavy atom. The van der Waals surface area contributed by atoms with Crippen molar-refractivity contribution in [2.75, 3.05) is 13.2 Å². The highest BCUT2D eigenvalue weighted by molar-refractivity contribution is 6.30. The normalized spacial score (nSPS) is 10.6. The summed E-state index contributed by atoms with van der Waals surface area (Å²) in [7, 11) is 0. The highest BCUT2D eigenvalue weighted by Crippen LogP contribution is 2.14. The molecule has 144 valence electrons. The van der Waals surface area contributed by atoms with Crippen molar-refractivity contribution in [2.45, 2.75) is 20.8 Å². The van der Waals surface area contributed by atoms with Gasteiger partial charge in [-0.05, 0) is 31.0 Å². The molecular weight excluding hydrogens is 374 g/mol. The highest BCUT2D eigenvalue weighted by atomic mass is 35.5. The van der Waals surface area contributed by atoms with E-state index in [1.54, 1.807) is 31.2 Å². The van der Waals surface area contributed by atoms with Gasteiger partial charge in [0.25, 0.3) is 5.91 Å². The Morgan fingerprint density at radius 3 is 2.67 bits per heavy atom. The monoisotopic (exact) mass is 393 g/mol. The van der Waals surface area contributed by atoms with E-state index in [0.29, 0.717) is 22.9 Å². The fourth-order valence-electron chi connectivity index (χ4n) is 1.99. The first kappa shape index (κ1) is 20.4. The lowest BCUT2D eigenvalue weighted by molar-refractivity contribution is -0.123. The maximum atomic E-state index is 12.1. The summed E-state index contributed by atoms with van der Waals surface area (Å²) in [6, 6.07) is 6.14. The van der Waals surface area contributed by atoms with Crippen LogP contribution in [0, 0.1) is 12.8 Å². The Morgan fingerprint density at radius 1 is 1.26 bits per heavy atom. The first-order chi connectivity index (χ1) is 12.8. The maximum absolute atomic E-state index is 12.1. The van der Waals surface area contributed by atoms with Gasteiger partial charge in [0.2, 0.25) is 0 Å². The number of aryl methyl sites for hydroxylation is 1. The fourth-order valence-corrected chi connectivity index (χ4v) is 2.17. The number of benzene rings is 1. The molecule has 0 fully saturated rings. The predicted octanol–water partition coefficient (Wildman–Crippen LogP) is 1.87. The van der Waals surface area contributed by atoms with Gasteiger partial charge in [0.1, 0.15) is 0 Å². The molecule has 10 heteroatoms. The molecule has 0 spiro atoms. The van der Waals surface area contributed by atoms with Gasteiger partial charge >= 0.3 is 12.0 Å². The number of hydrogen-bond acceptors (Lipinski definition) is 6. The van der Waals surface area contributed by atoms with Crippen molar-refractivity contribution in [3.8, 4) is 5.69 Å². The molecule has 27 heavy (non-hydrogen) atoms. The molecule has 0 atom stereocenters. The van der Waals surface area contributed by atoms with E-state index in [2.05, 4.69) is 20.8 Å². The van der Waals surface area contributed by atoms with Crippen LogP contribution in [0.25, 0.3) is 5.69 Å². The number of nitrogens with one attached hydrogen (secondary N) is 2. The van der Waals surface area contributed by atoms with Crippen LogP contribution in [0.1, 0.15) is 30.0 Å². The zero-order valence-corrected chi connectivity index (χ0v) is 15.9. The maximum Gasteiger partial charge on any atom is 0.361 e. The van der Waals surface area contributed by atoms with E-state index in [0.717, 1.165) is 0 Å². The topological polar surface area (TPSA) is 115 Å². The van der Waals surface area contributed by atoms with Crippen molar-refractivity contribution < 1.29 is 19.1 Å². The average Bonchev–Trinajstić information content (AvgIpc) is 3.00. The van der Waals surface area contributed by atoms with Crippen molar-refractivity contribution in [3.63, 3.8) is 0 Å². The average molecular weight is 394 g/mol. The number of aromatic nitrogens is 3. The Hall–Kier alpha value is -2.94. The van der Waals surface area contributed by atoms with Crippen molar-refractivity contribution in [3.05, 3.63) is 40.7 Å². The number of rotatable bonds is 6. The number of hydrogen-bond donors (Lipinski definition) is 2. The van der Waals surface area contributed by atoms with Gasteiger partial charge in [-0.1, -0.05) is 31.5 Å². The lowest BCUT2D eigenvalue weighted by Crippen LogP contribution is -2.42. The summed E-state index contributed by atoms with van der Waals surface area (Å²) in [5.74, 6) is -1.32. The number of nitrogens with zero attached hydrogens (tertiary/aromatic N) is 3. The quantitative estimate of drug-likeness (QED) is 0.724. The predicted molar refractivity (Wildman–Crippen MR) is 97.8 cm³/mol. The van der Waals surface area contributed by atoms with Crippen LogP contribution in [0.15, 0.2) is 24.3 Å². The zero-order chi connectivity index (χ0) is 20.0. The number of esters is 1. The third kappa shape index (κ3) is 6.07. The number of carbonyl (C=O) groups excluding carboxylic acids is 3. The molecule has 0 bridgehead atoms. The van der Waals surface area contributed by atoms with Gasteiger partial charge in [0.05, 0.1) is 11.4 Å².